The van der Waals surface area contributed by atoms with E-state index >= 15 is 0 Å². The van der Waals surface area contributed by atoms with Gasteiger partial charge >= 0.3 is 0 Å². The van der Waals surface area contributed by atoms with Crippen LogP contribution in [0.3, 0.4) is 0 Å². The maximum Gasteiger partial charge on any atom is 0.256 e. The molecule has 34 heavy (non-hydrogen) atoms. The van der Waals surface area contributed by atoms with Crippen LogP contribution in [0.15, 0.2) is 53.4 Å². The van der Waals surface area contributed by atoms with Crippen LogP contribution < -0.4 is 5.32 Å². The molecule has 180 valence electrons. The second kappa shape index (κ2) is 9.32. The highest BCUT2D eigenvalue weighted by Crippen LogP contribution is 2.23. The maximum atomic E-state index is 13.1. The number of nitrogens with zero attached hydrogens (tertiary/aromatic N) is 3. The smallest absolute Gasteiger partial charge is 0.256 e. The summed E-state index contributed by atoms with van der Waals surface area (Å²) in [6, 6.07) is 13.9. The van der Waals surface area contributed by atoms with Gasteiger partial charge in [-0.05, 0) is 82.1 Å². The van der Waals surface area contributed by atoms with Gasteiger partial charge in [0.2, 0.25) is 10.0 Å². The highest BCUT2D eigenvalue weighted by atomic mass is 32.2. The molecule has 1 aliphatic rings. The topological polar surface area (TPSA) is 93.5 Å². The number of carbonyl (C=O) groups excluding carboxylic acids is 1. The molecule has 0 aliphatic carbocycles. The zero-order valence-electron chi connectivity index (χ0n) is 20.1. The van der Waals surface area contributed by atoms with Gasteiger partial charge in [0.1, 0.15) is 5.82 Å². The molecular formula is C25H30N4O4S. The molecule has 1 N–H and O–H groups in total. The van der Waals surface area contributed by atoms with Crippen LogP contribution in [0.25, 0.3) is 5.69 Å². The van der Waals surface area contributed by atoms with Gasteiger partial charge in [-0.15, -0.1) is 0 Å². The standard InChI is InChI=1S/C25H30N4O4S/c1-16-10-17(2)12-22(11-16)29-24(13-18(3)27-29)26-25(30)21-6-8-23(9-7-21)34(31,32)28-14-19(4)33-20(5)15-28/h6-13,19-20H,14-15H2,1-5H3,(H,26,30). The molecular weight excluding hydrogens is 452 g/mol. The molecule has 2 unspecified atom stereocenters. The lowest BCUT2D eigenvalue weighted by atomic mass is 10.1. The van der Waals surface area contributed by atoms with E-state index in [0.717, 1.165) is 22.5 Å². The molecule has 1 aromatic heterocycles. The molecule has 0 spiro atoms. The highest BCUT2D eigenvalue weighted by molar-refractivity contribution is 7.89. The van der Waals surface area contributed by atoms with Crippen molar-refractivity contribution in [3.05, 3.63) is 70.9 Å². The van der Waals surface area contributed by atoms with Gasteiger partial charge in [0.05, 0.1) is 28.5 Å². The first-order chi connectivity index (χ1) is 16.0. The average molecular weight is 483 g/mol. The lowest BCUT2D eigenvalue weighted by Gasteiger charge is -2.34. The first-order valence-electron chi connectivity index (χ1n) is 11.3. The lowest BCUT2D eigenvalue weighted by molar-refractivity contribution is -0.0440. The van der Waals surface area contributed by atoms with Crippen LogP contribution in [-0.2, 0) is 14.8 Å². The fraction of sp³-hybridized carbons (Fsp3) is 0.360. The summed E-state index contributed by atoms with van der Waals surface area (Å²) in [6.07, 6.45) is -0.344. The third-order valence-corrected chi connectivity index (χ3v) is 7.51. The Bertz CT molecular complexity index is 1280. The monoisotopic (exact) mass is 482 g/mol. The molecule has 4 rings (SSSR count). The van der Waals surface area contributed by atoms with Gasteiger partial charge in [0.25, 0.3) is 5.91 Å². The normalized spacial score (nSPS) is 19.2. The molecule has 0 saturated carbocycles. The van der Waals surface area contributed by atoms with Crippen molar-refractivity contribution >= 4 is 21.7 Å². The van der Waals surface area contributed by atoms with E-state index < -0.39 is 10.0 Å². The number of hydrogen-bond acceptors (Lipinski definition) is 5. The first kappa shape index (κ1) is 24.1. The predicted octanol–water partition coefficient (Wildman–Crippen LogP) is 3.85. The van der Waals surface area contributed by atoms with Crippen LogP contribution in [0.1, 0.15) is 41.0 Å². The second-order valence-electron chi connectivity index (χ2n) is 8.99. The van der Waals surface area contributed by atoms with Gasteiger partial charge < -0.3 is 10.1 Å². The molecule has 1 amide bonds. The quantitative estimate of drug-likeness (QED) is 0.596. The molecule has 3 aromatic rings. The number of ether oxygens (including phenoxy) is 1. The maximum absolute atomic E-state index is 13.1. The van der Waals surface area contributed by atoms with E-state index in [1.807, 2.05) is 46.8 Å². The number of morpholine rings is 1. The lowest BCUT2D eigenvalue weighted by Crippen LogP contribution is -2.48. The number of anilines is 1. The molecule has 2 heterocycles. The number of sulfonamides is 1. The second-order valence-corrected chi connectivity index (χ2v) is 10.9. The number of benzene rings is 2. The number of aromatic nitrogens is 2. The van der Waals surface area contributed by atoms with E-state index in [9.17, 15) is 13.2 Å². The SMILES string of the molecule is Cc1cc(C)cc(-n2nc(C)cc2NC(=O)c2ccc(S(=O)(=O)N3CC(C)OC(C)C3)cc2)c1. The Morgan fingerprint density at radius 3 is 2.15 bits per heavy atom. The van der Waals surface area contributed by atoms with Crippen molar-refractivity contribution < 1.29 is 17.9 Å². The van der Waals surface area contributed by atoms with Gasteiger partial charge in [-0.1, -0.05) is 6.07 Å². The van der Waals surface area contributed by atoms with E-state index in [1.165, 1.54) is 28.6 Å². The third kappa shape index (κ3) is 5.06. The molecule has 0 radical (unpaired) electrons. The summed E-state index contributed by atoms with van der Waals surface area (Å²) in [5.74, 6) is 0.198. The number of aryl methyl sites for hydroxylation is 3. The molecule has 2 atom stereocenters. The van der Waals surface area contributed by atoms with Crippen molar-refractivity contribution in [2.24, 2.45) is 0 Å². The molecule has 8 nitrogen and oxygen atoms in total. The minimum absolute atomic E-state index is 0.154. The van der Waals surface area contributed by atoms with E-state index in [4.69, 9.17) is 4.74 Å². The number of carbonyl (C=O) groups is 1. The van der Waals surface area contributed by atoms with Gasteiger partial charge in [-0.25, -0.2) is 13.1 Å². The van der Waals surface area contributed by atoms with Gasteiger partial charge in [0, 0.05) is 24.7 Å². The van der Waals surface area contributed by atoms with Crippen LogP contribution in [0.2, 0.25) is 0 Å². The highest BCUT2D eigenvalue weighted by Gasteiger charge is 2.32. The zero-order valence-corrected chi connectivity index (χ0v) is 20.9. The molecule has 1 saturated heterocycles. The van der Waals surface area contributed by atoms with Gasteiger partial charge in [0.15, 0.2) is 0 Å². The molecule has 1 fully saturated rings. The summed E-state index contributed by atoms with van der Waals surface area (Å²) in [7, 11) is -3.67. The minimum Gasteiger partial charge on any atom is -0.373 e. The Hall–Kier alpha value is -3.01. The summed E-state index contributed by atoms with van der Waals surface area (Å²) in [6.45, 7) is 10.2. The molecule has 0 bridgehead atoms. The third-order valence-electron chi connectivity index (χ3n) is 5.66. The van der Waals surface area contributed by atoms with E-state index in [-0.39, 0.29) is 23.0 Å². The Morgan fingerprint density at radius 1 is 0.971 bits per heavy atom. The fourth-order valence-electron chi connectivity index (χ4n) is 4.30. The van der Waals surface area contributed by atoms with E-state index in [1.54, 1.807) is 10.7 Å². The summed E-state index contributed by atoms with van der Waals surface area (Å²) in [4.78, 5) is 13.1. The van der Waals surface area contributed by atoms with Crippen molar-refractivity contribution in [2.75, 3.05) is 18.4 Å². The van der Waals surface area contributed by atoms with Crippen molar-refractivity contribution in [3.63, 3.8) is 0 Å². The largest absolute Gasteiger partial charge is 0.373 e. The van der Waals surface area contributed by atoms with E-state index in [2.05, 4.69) is 16.5 Å². The predicted molar refractivity (Wildman–Crippen MR) is 131 cm³/mol. The van der Waals surface area contributed by atoms with Crippen LogP contribution >= 0.6 is 0 Å². The van der Waals surface area contributed by atoms with Crippen molar-refractivity contribution in [2.45, 2.75) is 51.7 Å². The summed E-state index contributed by atoms with van der Waals surface area (Å²) >= 11 is 0. The zero-order chi connectivity index (χ0) is 24.6. The number of rotatable bonds is 5. The van der Waals surface area contributed by atoms with Gasteiger partial charge in [-0.3, -0.25) is 4.79 Å². The molecule has 9 heteroatoms. The van der Waals surface area contributed by atoms with Crippen molar-refractivity contribution in [1.29, 1.82) is 0 Å². The van der Waals surface area contributed by atoms with Crippen LogP contribution in [0.4, 0.5) is 5.82 Å². The van der Waals surface area contributed by atoms with Crippen LogP contribution in [-0.4, -0.2) is 53.7 Å². The average Bonchev–Trinajstić information content (AvgIpc) is 3.12. The molecule has 2 aromatic carbocycles. The number of hydrogen-bond donors (Lipinski definition) is 1. The van der Waals surface area contributed by atoms with Gasteiger partial charge in [-0.2, -0.15) is 9.40 Å². The van der Waals surface area contributed by atoms with E-state index in [0.29, 0.717) is 24.5 Å². The summed E-state index contributed by atoms with van der Waals surface area (Å²) in [5, 5.41) is 7.43. The summed E-state index contributed by atoms with van der Waals surface area (Å²) < 4.78 is 34.9. The van der Waals surface area contributed by atoms with Crippen LogP contribution in [0, 0.1) is 20.8 Å². The fourth-order valence-corrected chi connectivity index (χ4v) is 5.89. The minimum atomic E-state index is -3.67. The number of nitrogens with one attached hydrogen (secondary N) is 1. The Labute approximate surface area is 200 Å². The van der Waals surface area contributed by atoms with Crippen LogP contribution in [0.5, 0.6) is 0 Å². The Kier molecular flexibility index (Phi) is 6.62. The molecule has 1 aliphatic heterocycles. The first-order valence-corrected chi connectivity index (χ1v) is 12.7. The van der Waals surface area contributed by atoms with Crippen molar-refractivity contribution in [3.8, 4) is 5.69 Å². The Balaban J connectivity index is 1.54. The Morgan fingerprint density at radius 2 is 1.56 bits per heavy atom. The summed E-state index contributed by atoms with van der Waals surface area (Å²) in [5.41, 5.74) is 4.18. The van der Waals surface area contributed by atoms with Crippen molar-refractivity contribution in [1.82, 2.24) is 14.1 Å². The number of amides is 1.